The number of rotatable bonds is 7. The number of terminal acetylenes is 1. The van der Waals surface area contributed by atoms with Gasteiger partial charge in [0.05, 0.1) is 18.4 Å². The van der Waals surface area contributed by atoms with E-state index in [0.717, 1.165) is 37.6 Å². The minimum atomic E-state index is 0.566. The average molecular weight is 232 g/mol. The molecule has 1 aromatic heterocycles. The summed E-state index contributed by atoms with van der Waals surface area (Å²) in [5, 5.41) is 3.31. The molecule has 0 spiro atoms. The van der Waals surface area contributed by atoms with Crippen molar-refractivity contribution in [3.05, 3.63) is 18.1 Å². The highest BCUT2D eigenvalue weighted by Crippen LogP contribution is 2.08. The van der Waals surface area contributed by atoms with Crippen molar-refractivity contribution in [1.82, 2.24) is 15.3 Å². The summed E-state index contributed by atoms with van der Waals surface area (Å²) in [6.45, 7) is 7.35. The molecular weight excluding hydrogens is 212 g/mol. The highest BCUT2D eigenvalue weighted by atomic mass is 15.2. The zero-order chi connectivity index (χ0) is 12.5. The summed E-state index contributed by atoms with van der Waals surface area (Å²) < 4.78 is 0. The van der Waals surface area contributed by atoms with E-state index in [1.165, 1.54) is 0 Å². The predicted molar refractivity (Wildman–Crippen MR) is 70.7 cm³/mol. The van der Waals surface area contributed by atoms with Gasteiger partial charge in [0.25, 0.3) is 0 Å². The van der Waals surface area contributed by atoms with Gasteiger partial charge in [0.15, 0.2) is 0 Å². The van der Waals surface area contributed by atoms with E-state index in [1.807, 2.05) is 4.90 Å². The van der Waals surface area contributed by atoms with Crippen LogP contribution in [0, 0.1) is 12.3 Å². The van der Waals surface area contributed by atoms with Gasteiger partial charge in [-0.1, -0.05) is 12.8 Å². The molecule has 4 heteroatoms. The minimum absolute atomic E-state index is 0.566. The lowest BCUT2D eigenvalue weighted by molar-refractivity contribution is 0.661. The van der Waals surface area contributed by atoms with Crippen molar-refractivity contribution in [2.45, 2.75) is 26.8 Å². The Morgan fingerprint density at radius 1 is 1.41 bits per heavy atom. The van der Waals surface area contributed by atoms with Gasteiger partial charge < -0.3 is 10.2 Å². The van der Waals surface area contributed by atoms with Crippen molar-refractivity contribution in [3.8, 4) is 12.3 Å². The molecule has 0 amide bonds. The van der Waals surface area contributed by atoms with Crippen LogP contribution in [0.25, 0.3) is 0 Å². The summed E-state index contributed by atoms with van der Waals surface area (Å²) in [6, 6.07) is 0. The number of nitrogens with zero attached hydrogens (tertiary/aromatic N) is 3. The van der Waals surface area contributed by atoms with Crippen LogP contribution < -0.4 is 10.2 Å². The lowest BCUT2D eigenvalue weighted by Gasteiger charge is -2.19. The van der Waals surface area contributed by atoms with Crippen LogP contribution in [-0.2, 0) is 6.54 Å². The third-order valence-electron chi connectivity index (χ3n) is 2.39. The highest BCUT2D eigenvalue weighted by Gasteiger charge is 2.05. The van der Waals surface area contributed by atoms with Crippen molar-refractivity contribution in [3.63, 3.8) is 0 Å². The largest absolute Gasteiger partial charge is 0.344 e. The molecule has 0 aliphatic carbocycles. The summed E-state index contributed by atoms with van der Waals surface area (Å²) in [5.74, 6) is 3.48. The van der Waals surface area contributed by atoms with Crippen LogP contribution in [0.1, 0.15) is 26.0 Å². The van der Waals surface area contributed by atoms with E-state index in [4.69, 9.17) is 6.42 Å². The van der Waals surface area contributed by atoms with Crippen molar-refractivity contribution in [2.24, 2.45) is 0 Å². The molecule has 1 heterocycles. The Labute approximate surface area is 103 Å². The first kappa shape index (κ1) is 13.5. The summed E-state index contributed by atoms with van der Waals surface area (Å²) in [5.41, 5.74) is 0.950. The second kappa shape index (κ2) is 7.64. The molecule has 1 N–H and O–H groups in total. The predicted octanol–water partition coefficient (Wildman–Crippen LogP) is 1.44. The average Bonchev–Trinajstić information content (AvgIpc) is 2.36. The Morgan fingerprint density at radius 3 is 2.88 bits per heavy atom. The SMILES string of the molecule is C#CCN(CC)c1cncc(CNCCC)n1. The molecule has 0 aliphatic heterocycles. The van der Waals surface area contributed by atoms with Crippen LogP contribution in [-0.4, -0.2) is 29.6 Å². The van der Waals surface area contributed by atoms with Gasteiger partial charge in [-0.05, 0) is 19.9 Å². The molecule has 0 aromatic carbocycles. The zero-order valence-electron chi connectivity index (χ0n) is 10.6. The first-order valence-corrected chi connectivity index (χ1v) is 6.01. The summed E-state index contributed by atoms with van der Waals surface area (Å²) in [7, 11) is 0. The second-order valence-corrected chi connectivity index (χ2v) is 3.76. The zero-order valence-corrected chi connectivity index (χ0v) is 10.6. The van der Waals surface area contributed by atoms with Crippen molar-refractivity contribution in [1.29, 1.82) is 0 Å². The summed E-state index contributed by atoms with van der Waals surface area (Å²) in [4.78, 5) is 10.8. The van der Waals surface area contributed by atoms with Crippen LogP contribution in [0.2, 0.25) is 0 Å². The molecule has 0 saturated heterocycles. The maximum Gasteiger partial charge on any atom is 0.148 e. The van der Waals surface area contributed by atoms with Gasteiger partial charge in [0, 0.05) is 19.3 Å². The summed E-state index contributed by atoms with van der Waals surface area (Å²) >= 11 is 0. The van der Waals surface area contributed by atoms with Crippen LogP contribution in [0.4, 0.5) is 5.82 Å². The van der Waals surface area contributed by atoms with Crippen LogP contribution >= 0.6 is 0 Å². The Balaban J connectivity index is 2.67. The molecule has 0 saturated carbocycles. The van der Waals surface area contributed by atoms with E-state index in [0.29, 0.717) is 6.54 Å². The van der Waals surface area contributed by atoms with Gasteiger partial charge in [0.2, 0.25) is 0 Å². The van der Waals surface area contributed by atoms with E-state index >= 15 is 0 Å². The standard InChI is InChI=1S/C13H20N4/c1-4-7-14-9-12-10-15-11-13(16-12)17(6-3)8-5-2/h2,10-11,14H,4,6-9H2,1,3H3. The maximum absolute atomic E-state index is 5.33. The molecule has 0 bridgehead atoms. The number of nitrogens with one attached hydrogen (secondary N) is 1. The lowest BCUT2D eigenvalue weighted by Crippen LogP contribution is -2.25. The first-order valence-electron chi connectivity index (χ1n) is 6.01. The maximum atomic E-state index is 5.33. The Bertz CT molecular complexity index is 370. The van der Waals surface area contributed by atoms with Gasteiger partial charge in [-0.3, -0.25) is 4.98 Å². The Hall–Kier alpha value is -1.60. The molecule has 0 atom stereocenters. The van der Waals surface area contributed by atoms with Crippen LogP contribution in [0.15, 0.2) is 12.4 Å². The molecule has 0 aliphatic rings. The topological polar surface area (TPSA) is 41.1 Å². The second-order valence-electron chi connectivity index (χ2n) is 3.76. The molecule has 17 heavy (non-hydrogen) atoms. The number of aromatic nitrogens is 2. The highest BCUT2D eigenvalue weighted by molar-refractivity contribution is 5.37. The number of anilines is 1. The molecule has 4 nitrogen and oxygen atoms in total. The van der Waals surface area contributed by atoms with Gasteiger partial charge in [-0.2, -0.15) is 0 Å². The first-order chi connectivity index (χ1) is 8.31. The molecule has 0 unspecified atom stereocenters. The third kappa shape index (κ3) is 4.41. The van der Waals surface area contributed by atoms with E-state index in [9.17, 15) is 0 Å². The fourth-order valence-electron chi connectivity index (χ4n) is 1.49. The van der Waals surface area contributed by atoms with Crippen LogP contribution in [0.5, 0.6) is 0 Å². The Morgan fingerprint density at radius 2 is 2.24 bits per heavy atom. The number of hydrogen-bond acceptors (Lipinski definition) is 4. The molecule has 1 rings (SSSR count). The Kier molecular flexibility index (Phi) is 6.05. The molecular formula is C13H20N4. The molecule has 0 radical (unpaired) electrons. The molecule has 1 aromatic rings. The van der Waals surface area contributed by atoms with Gasteiger partial charge in [0.1, 0.15) is 5.82 Å². The normalized spacial score (nSPS) is 9.94. The monoisotopic (exact) mass is 232 g/mol. The minimum Gasteiger partial charge on any atom is -0.344 e. The third-order valence-corrected chi connectivity index (χ3v) is 2.39. The molecule has 0 fully saturated rings. The van der Waals surface area contributed by atoms with E-state index in [-0.39, 0.29) is 0 Å². The van der Waals surface area contributed by atoms with Crippen molar-refractivity contribution < 1.29 is 0 Å². The van der Waals surface area contributed by atoms with Crippen LogP contribution in [0.3, 0.4) is 0 Å². The van der Waals surface area contributed by atoms with E-state index < -0.39 is 0 Å². The van der Waals surface area contributed by atoms with E-state index in [1.54, 1.807) is 12.4 Å². The lowest BCUT2D eigenvalue weighted by atomic mass is 10.4. The molecule has 92 valence electrons. The van der Waals surface area contributed by atoms with Crippen molar-refractivity contribution in [2.75, 3.05) is 24.5 Å². The quantitative estimate of drug-likeness (QED) is 0.570. The van der Waals surface area contributed by atoms with Crippen molar-refractivity contribution >= 4 is 5.82 Å². The fourth-order valence-corrected chi connectivity index (χ4v) is 1.49. The van der Waals surface area contributed by atoms with Gasteiger partial charge in [-0.15, -0.1) is 6.42 Å². The van der Waals surface area contributed by atoms with Gasteiger partial charge in [-0.25, -0.2) is 4.98 Å². The van der Waals surface area contributed by atoms with E-state index in [2.05, 4.69) is 35.1 Å². The fraction of sp³-hybridized carbons (Fsp3) is 0.538. The summed E-state index contributed by atoms with van der Waals surface area (Å²) in [6.07, 6.45) is 9.98. The smallest absolute Gasteiger partial charge is 0.148 e. The number of hydrogen-bond donors (Lipinski definition) is 1. The van der Waals surface area contributed by atoms with Gasteiger partial charge >= 0.3 is 0 Å².